The molecular formula is C25H20BF3N4OS. The van der Waals surface area contributed by atoms with Crippen LogP contribution in [0.3, 0.4) is 0 Å². The van der Waals surface area contributed by atoms with Gasteiger partial charge in [-0.15, -0.1) is 11.3 Å². The van der Waals surface area contributed by atoms with Crippen molar-refractivity contribution in [2.24, 2.45) is 0 Å². The summed E-state index contributed by atoms with van der Waals surface area (Å²) in [5.41, 5.74) is 1.94. The number of fused-ring (bicyclic) bond motifs is 1. The Morgan fingerprint density at radius 3 is 2.71 bits per heavy atom. The van der Waals surface area contributed by atoms with E-state index in [4.69, 9.17) is 7.85 Å². The third-order valence-corrected chi connectivity index (χ3v) is 7.16. The molecule has 0 saturated carbocycles. The minimum absolute atomic E-state index is 0.0428. The number of aromatic nitrogens is 3. The van der Waals surface area contributed by atoms with Crippen LogP contribution in [0.1, 0.15) is 40.1 Å². The van der Waals surface area contributed by atoms with Crippen LogP contribution in [0, 0.1) is 6.92 Å². The molecule has 4 aromatic rings. The number of benzene rings is 1. The van der Waals surface area contributed by atoms with Crippen LogP contribution in [0.25, 0.3) is 10.6 Å². The minimum Gasteiger partial charge on any atom is -0.378 e. The number of hydrogen-bond donors (Lipinski definition) is 2. The van der Waals surface area contributed by atoms with Crippen LogP contribution >= 0.6 is 11.3 Å². The Morgan fingerprint density at radius 1 is 1.09 bits per heavy atom. The molecule has 2 radical (unpaired) electrons. The van der Waals surface area contributed by atoms with Crippen molar-refractivity contribution >= 4 is 36.3 Å². The fourth-order valence-electron chi connectivity index (χ4n) is 4.36. The average Bonchev–Trinajstić information content (AvgIpc) is 3.30. The molecule has 35 heavy (non-hydrogen) atoms. The highest BCUT2D eigenvalue weighted by Crippen LogP contribution is 2.43. The number of thiazole rings is 1. The summed E-state index contributed by atoms with van der Waals surface area (Å²) in [6.07, 6.45) is 0.506. The Labute approximate surface area is 205 Å². The van der Waals surface area contributed by atoms with Crippen LogP contribution in [-0.2, 0) is 18.2 Å². The second kappa shape index (κ2) is 8.76. The average molecular weight is 492 g/mol. The topological polar surface area (TPSA) is 70.9 Å². The number of pyridine rings is 2. The van der Waals surface area contributed by atoms with E-state index >= 15 is 0 Å². The second-order valence-electron chi connectivity index (χ2n) is 8.63. The van der Waals surface area contributed by atoms with E-state index in [2.05, 4.69) is 20.3 Å². The molecule has 5 rings (SSSR count). The largest absolute Gasteiger partial charge is 0.416 e. The Bertz CT molecular complexity index is 1410. The smallest absolute Gasteiger partial charge is 0.378 e. The Balaban J connectivity index is 1.46. The zero-order valence-electron chi connectivity index (χ0n) is 18.7. The van der Waals surface area contributed by atoms with Gasteiger partial charge >= 0.3 is 6.18 Å². The van der Waals surface area contributed by atoms with Crippen LogP contribution in [0.15, 0.2) is 54.9 Å². The lowest BCUT2D eigenvalue weighted by molar-refractivity contribution is -0.137. The van der Waals surface area contributed by atoms with Crippen LogP contribution in [-0.4, -0.2) is 27.9 Å². The number of anilines is 2. The van der Waals surface area contributed by atoms with Crippen molar-refractivity contribution in [2.75, 3.05) is 5.32 Å². The lowest BCUT2D eigenvalue weighted by Gasteiger charge is -2.33. The zero-order valence-corrected chi connectivity index (χ0v) is 19.5. The van der Waals surface area contributed by atoms with Crippen molar-refractivity contribution in [3.63, 3.8) is 0 Å². The Morgan fingerprint density at radius 2 is 1.91 bits per heavy atom. The van der Waals surface area contributed by atoms with Crippen LogP contribution < -0.4 is 10.8 Å². The summed E-state index contributed by atoms with van der Waals surface area (Å²) in [6, 6.07) is 11.0. The summed E-state index contributed by atoms with van der Waals surface area (Å²) >= 11 is 1.34. The van der Waals surface area contributed by atoms with Gasteiger partial charge in [-0.1, -0.05) is 23.7 Å². The molecule has 1 aromatic carbocycles. The molecule has 0 saturated heterocycles. The molecular weight excluding hydrogens is 472 g/mol. The number of halogens is 3. The van der Waals surface area contributed by atoms with Gasteiger partial charge in [0.05, 0.1) is 16.1 Å². The molecule has 3 heterocycles. The van der Waals surface area contributed by atoms with Gasteiger partial charge in [0.15, 0.2) is 0 Å². The van der Waals surface area contributed by atoms with Gasteiger partial charge in [-0.3, -0.25) is 0 Å². The van der Waals surface area contributed by atoms with Gasteiger partial charge in [0.25, 0.3) is 0 Å². The standard InChI is InChI=1S/C25H20BF3N4OS/c1-14-9-19(32-22(10-14)33-21-12-16(6-8-30-21)25(27,28)29)20-13-31-23(35-20)24(34)7-2-3-15-11-17(26)4-5-18(15)24/h4-6,8-13,34H,2-3,7H2,1H3,(H,30,32,33)/t24-/m1/s1. The fraction of sp³-hybridized carbons (Fsp3) is 0.240. The van der Waals surface area contributed by atoms with Crippen molar-refractivity contribution in [1.82, 2.24) is 15.0 Å². The van der Waals surface area contributed by atoms with E-state index < -0.39 is 17.3 Å². The van der Waals surface area contributed by atoms with Crippen LogP contribution in [0.5, 0.6) is 0 Å². The maximum absolute atomic E-state index is 13.1. The van der Waals surface area contributed by atoms with Gasteiger partial charge in [0, 0.05) is 12.4 Å². The highest BCUT2D eigenvalue weighted by Gasteiger charge is 2.39. The number of nitrogens with one attached hydrogen (secondary N) is 1. The van der Waals surface area contributed by atoms with E-state index in [1.165, 1.54) is 11.3 Å². The molecule has 0 bridgehead atoms. The first kappa shape index (κ1) is 23.5. The van der Waals surface area contributed by atoms with E-state index in [1.807, 2.05) is 25.1 Å². The highest BCUT2D eigenvalue weighted by molar-refractivity contribution is 7.15. The number of hydrogen-bond acceptors (Lipinski definition) is 6. The molecule has 0 spiro atoms. The zero-order chi connectivity index (χ0) is 24.8. The first-order valence-electron chi connectivity index (χ1n) is 11.0. The van der Waals surface area contributed by atoms with Crippen molar-refractivity contribution in [3.05, 3.63) is 82.1 Å². The van der Waals surface area contributed by atoms with Crippen molar-refractivity contribution < 1.29 is 18.3 Å². The first-order chi connectivity index (χ1) is 16.6. The first-order valence-corrected chi connectivity index (χ1v) is 11.8. The van der Waals surface area contributed by atoms with Gasteiger partial charge in [-0.05, 0) is 67.1 Å². The summed E-state index contributed by atoms with van der Waals surface area (Å²) in [5.74, 6) is 0.403. The van der Waals surface area contributed by atoms with E-state index in [0.29, 0.717) is 28.4 Å². The summed E-state index contributed by atoms with van der Waals surface area (Å²) in [4.78, 5) is 13.8. The van der Waals surface area contributed by atoms with Crippen molar-refractivity contribution in [2.45, 2.75) is 38.0 Å². The predicted molar refractivity (Wildman–Crippen MR) is 130 cm³/mol. The molecule has 1 aliphatic carbocycles. The summed E-state index contributed by atoms with van der Waals surface area (Å²) in [5, 5.41) is 15.0. The number of aryl methyl sites for hydroxylation is 2. The number of nitrogens with zero attached hydrogens (tertiary/aromatic N) is 3. The Kier molecular flexibility index (Phi) is 5.89. The van der Waals surface area contributed by atoms with E-state index in [1.54, 1.807) is 18.3 Å². The van der Waals surface area contributed by atoms with Crippen molar-refractivity contribution in [3.8, 4) is 10.6 Å². The molecule has 0 fully saturated rings. The highest BCUT2D eigenvalue weighted by atomic mass is 32.1. The lowest BCUT2D eigenvalue weighted by atomic mass is 9.77. The molecule has 2 N–H and O–H groups in total. The third-order valence-electron chi connectivity index (χ3n) is 5.98. The van der Waals surface area contributed by atoms with Gasteiger partial charge < -0.3 is 10.4 Å². The molecule has 0 aliphatic heterocycles. The third kappa shape index (κ3) is 4.68. The molecule has 0 amide bonds. The summed E-state index contributed by atoms with van der Waals surface area (Å²) in [7, 11) is 5.93. The minimum atomic E-state index is -4.46. The van der Waals surface area contributed by atoms with Crippen molar-refractivity contribution in [1.29, 1.82) is 0 Å². The summed E-state index contributed by atoms with van der Waals surface area (Å²) in [6.45, 7) is 1.87. The SMILES string of the molecule is [B]c1ccc2c(c1)CCC[C@]2(O)c1ncc(-c2cc(C)cc(Nc3cc(C(F)(F)F)ccn3)n2)s1. The van der Waals surface area contributed by atoms with E-state index in [-0.39, 0.29) is 5.82 Å². The number of alkyl halides is 3. The molecule has 10 heteroatoms. The lowest BCUT2D eigenvalue weighted by Crippen LogP contribution is -2.32. The molecule has 5 nitrogen and oxygen atoms in total. The van der Waals surface area contributed by atoms with Gasteiger partial charge in [0.2, 0.25) is 0 Å². The van der Waals surface area contributed by atoms with Crippen LogP contribution in [0.2, 0.25) is 0 Å². The second-order valence-corrected chi connectivity index (χ2v) is 9.66. The maximum Gasteiger partial charge on any atom is 0.416 e. The van der Waals surface area contributed by atoms with Gasteiger partial charge in [0.1, 0.15) is 30.1 Å². The molecule has 1 aliphatic rings. The fourth-order valence-corrected chi connectivity index (χ4v) is 5.37. The van der Waals surface area contributed by atoms with Crippen LogP contribution in [0.4, 0.5) is 24.8 Å². The van der Waals surface area contributed by atoms with Gasteiger partial charge in [-0.25, -0.2) is 15.0 Å². The quantitative estimate of drug-likeness (QED) is 0.391. The van der Waals surface area contributed by atoms with Gasteiger partial charge in [-0.2, -0.15) is 13.2 Å². The predicted octanol–water partition coefficient (Wildman–Crippen LogP) is 5.04. The summed E-state index contributed by atoms with van der Waals surface area (Å²) < 4.78 is 39.2. The van der Waals surface area contributed by atoms with E-state index in [0.717, 1.165) is 52.7 Å². The maximum atomic E-state index is 13.1. The van der Waals surface area contributed by atoms with E-state index in [9.17, 15) is 18.3 Å². The molecule has 1 atom stereocenters. The monoisotopic (exact) mass is 492 g/mol. The molecule has 176 valence electrons. The number of aliphatic hydroxyl groups is 1. The number of rotatable bonds is 4. The normalized spacial score (nSPS) is 17.7. The molecule has 3 aromatic heterocycles. The Hall–Kier alpha value is -3.24. The molecule has 0 unspecified atom stereocenters.